The van der Waals surface area contributed by atoms with Crippen molar-refractivity contribution in [2.24, 2.45) is 19.8 Å². The van der Waals surface area contributed by atoms with E-state index in [9.17, 15) is 24.0 Å². The van der Waals surface area contributed by atoms with E-state index >= 15 is 0 Å². The average Bonchev–Trinajstić information content (AvgIpc) is 3.66. The molecule has 0 aliphatic heterocycles. The molecular formula is C29H42N10O5S. The molecule has 15 nitrogen and oxygen atoms in total. The van der Waals surface area contributed by atoms with Crippen LogP contribution in [0.3, 0.4) is 0 Å². The number of nitrogens with two attached hydrogens (primary N) is 1. The Morgan fingerprint density at radius 2 is 1.51 bits per heavy atom. The lowest BCUT2D eigenvalue weighted by Crippen LogP contribution is -2.42. The van der Waals surface area contributed by atoms with Crippen molar-refractivity contribution in [3.63, 3.8) is 0 Å². The Morgan fingerprint density at radius 1 is 0.867 bits per heavy atom. The molecule has 0 fully saturated rings. The Morgan fingerprint density at radius 3 is 2.16 bits per heavy atom. The fourth-order valence-electron chi connectivity index (χ4n) is 4.45. The minimum atomic E-state index is -0.777. The monoisotopic (exact) mass is 642 g/mol. The maximum atomic E-state index is 13.5. The first-order valence-electron chi connectivity index (χ1n) is 14.3. The van der Waals surface area contributed by atoms with Crippen LogP contribution in [0.5, 0.6) is 0 Å². The number of aryl methyl sites for hydroxylation is 1. The quantitative estimate of drug-likeness (QED) is 0.0937. The molecule has 5 amide bonds. The van der Waals surface area contributed by atoms with Gasteiger partial charge in [-0.15, -0.1) is 0 Å². The molecule has 3 aromatic rings. The van der Waals surface area contributed by atoms with Gasteiger partial charge in [0, 0.05) is 58.8 Å². The third kappa shape index (κ3) is 9.72. The Bertz CT molecular complexity index is 1540. The van der Waals surface area contributed by atoms with Crippen LogP contribution in [-0.2, 0) is 30.2 Å². The molecule has 0 unspecified atom stereocenters. The largest absolute Gasteiger partial charge is 0.353 e. The number of rotatable bonds is 15. The molecule has 0 spiro atoms. The minimum Gasteiger partial charge on any atom is -0.353 e. The van der Waals surface area contributed by atoms with E-state index in [1.165, 1.54) is 17.6 Å². The lowest BCUT2D eigenvalue weighted by molar-refractivity contribution is -0.121. The van der Waals surface area contributed by atoms with E-state index in [4.69, 9.17) is 5.73 Å². The van der Waals surface area contributed by atoms with E-state index in [0.29, 0.717) is 29.4 Å². The molecule has 0 saturated carbocycles. The summed E-state index contributed by atoms with van der Waals surface area (Å²) in [4.78, 5) is 64.9. The standard InChI is InChI=1S/C29H42N10O5S/c1-18(40)33-25-8-7-22(38(25)5)28(43)35-20-14-24(39(16-20)12-10-32-26(41)21(30)17-45)29(44)34-19-13-23(37(4)15-19)27(42)31-9-6-11-36(2)3/h7-8,13-16,21,45H,6,9-12,17,30H2,1-5H3,(H,31,42)(H,32,41)(H,33,40)(H,34,44)(H,35,43)/t21-/m1/s1. The zero-order valence-corrected chi connectivity index (χ0v) is 27.0. The van der Waals surface area contributed by atoms with Crippen LogP contribution in [0.1, 0.15) is 44.8 Å². The minimum absolute atomic E-state index is 0.157. The SMILES string of the molecule is CC(=O)Nc1ccc(C(=O)Nc2cc(C(=O)Nc3cc(C(=O)NCCCN(C)C)n(C)c3)n(CCNC(=O)[C@H](N)CS)c2)n1C. The summed E-state index contributed by atoms with van der Waals surface area (Å²) >= 11 is 4.04. The predicted molar refractivity (Wildman–Crippen MR) is 176 cm³/mol. The Balaban J connectivity index is 1.78. The molecule has 3 rings (SSSR count). The molecule has 3 heterocycles. The van der Waals surface area contributed by atoms with Crippen molar-refractivity contribution in [3.05, 3.63) is 53.7 Å². The molecule has 0 bridgehead atoms. The lowest BCUT2D eigenvalue weighted by atomic mass is 10.3. The zero-order valence-electron chi connectivity index (χ0n) is 26.1. The van der Waals surface area contributed by atoms with Crippen LogP contribution < -0.4 is 32.3 Å². The summed E-state index contributed by atoms with van der Waals surface area (Å²) in [6.07, 6.45) is 4.00. The second kappa shape index (κ2) is 16.0. The van der Waals surface area contributed by atoms with E-state index in [2.05, 4.69) is 39.2 Å². The molecule has 3 aromatic heterocycles. The van der Waals surface area contributed by atoms with Crippen molar-refractivity contribution >= 4 is 59.4 Å². The van der Waals surface area contributed by atoms with Crippen molar-refractivity contribution in [1.29, 1.82) is 0 Å². The fraction of sp³-hybridized carbons (Fsp3) is 0.414. The summed E-state index contributed by atoms with van der Waals surface area (Å²) in [5.41, 5.74) is 7.32. The predicted octanol–water partition coefficient (Wildman–Crippen LogP) is 0.683. The van der Waals surface area contributed by atoms with Crippen LogP contribution in [-0.4, -0.2) is 93.7 Å². The molecule has 7 N–H and O–H groups in total. The summed E-state index contributed by atoms with van der Waals surface area (Å²) in [7, 11) is 7.27. The number of aromatic nitrogens is 3. The third-order valence-corrected chi connectivity index (χ3v) is 7.19. The number of anilines is 3. The Kier molecular flexibility index (Phi) is 12.4. The molecule has 0 aliphatic carbocycles. The van der Waals surface area contributed by atoms with Crippen LogP contribution in [0.15, 0.2) is 36.7 Å². The highest BCUT2D eigenvalue weighted by molar-refractivity contribution is 7.80. The maximum absolute atomic E-state index is 13.5. The number of carbonyl (C=O) groups is 5. The van der Waals surface area contributed by atoms with E-state index in [0.717, 1.165) is 13.0 Å². The number of hydrogen-bond donors (Lipinski definition) is 7. The molecule has 0 radical (unpaired) electrons. The van der Waals surface area contributed by atoms with Gasteiger partial charge in [-0.3, -0.25) is 24.0 Å². The molecule has 244 valence electrons. The first kappa shape index (κ1) is 34.9. The van der Waals surface area contributed by atoms with E-state index < -0.39 is 17.9 Å². The number of nitrogens with zero attached hydrogens (tertiary/aromatic N) is 4. The van der Waals surface area contributed by atoms with Gasteiger partial charge in [-0.05, 0) is 51.3 Å². The van der Waals surface area contributed by atoms with Gasteiger partial charge < -0.3 is 50.9 Å². The van der Waals surface area contributed by atoms with E-state index in [1.807, 2.05) is 19.0 Å². The van der Waals surface area contributed by atoms with Gasteiger partial charge in [0.1, 0.15) is 22.9 Å². The molecule has 0 aromatic carbocycles. The second-order valence-electron chi connectivity index (χ2n) is 10.8. The molecular weight excluding hydrogens is 600 g/mol. The van der Waals surface area contributed by atoms with Gasteiger partial charge in [0.15, 0.2) is 0 Å². The van der Waals surface area contributed by atoms with Crippen molar-refractivity contribution in [2.45, 2.75) is 25.9 Å². The zero-order chi connectivity index (χ0) is 33.3. The van der Waals surface area contributed by atoms with Crippen LogP contribution in [0.2, 0.25) is 0 Å². The highest BCUT2D eigenvalue weighted by Crippen LogP contribution is 2.20. The smallest absolute Gasteiger partial charge is 0.272 e. The van der Waals surface area contributed by atoms with Gasteiger partial charge in [-0.25, -0.2) is 0 Å². The van der Waals surface area contributed by atoms with Gasteiger partial charge in [-0.1, -0.05) is 0 Å². The van der Waals surface area contributed by atoms with Gasteiger partial charge in [-0.2, -0.15) is 12.6 Å². The highest BCUT2D eigenvalue weighted by Gasteiger charge is 2.20. The molecule has 0 saturated heterocycles. The van der Waals surface area contributed by atoms with Crippen LogP contribution >= 0.6 is 12.6 Å². The first-order valence-corrected chi connectivity index (χ1v) is 14.9. The second-order valence-corrected chi connectivity index (χ2v) is 11.1. The normalized spacial score (nSPS) is 11.6. The molecule has 0 aliphatic rings. The van der Waals surface area contributed by atoms with Crippen LogP contribution in [0.4, 0.5) is 17.2 Å². The van der Waals surface area contributed by atoms with Crippen molar-refractivity contribution in [2.75, 3.05) is 55.4 Å². The molecule has 1 atom stereocenters. The Labute approximate surface area is 267 Å². The summed E-state index contributed by atoms with van der Waals surface area (Å²) < 4.78 is 4.75. The average molecular weight is 643 g/mol. The lowest BCUT2D eigenvalue weighted by Gasteiger charge is -2.12. The van der Waals surface area contributed by atoms with E-state index in [-0.39, 0.29) is 48.0 Å². The van der Waals surface area contributed by atoms with Crippen molar-refractivity contribution < 1.29 is 24.0 Å². The van der Waals surface area contributed by atoms with Gasteiger partial charge in [0.05, 0.1) is 17.4 Å². The van der Waals surface area contributed by atoms with E-state index in [1.54, 1.807) is 53.8 Å². The van der Waals surface area contributed by atoms with Crippen LogP contribution in [0, 0.1) is 0 Å². The molecule has 16 heteroatoms. The maximum Gasteiger partial charge on any atom is 0.272 e. The van der Waals surface area contributed by atoms with Crippen LogP contribution in [0.25, 0.3) is 0 Å². The number of thiol groups is 1. The number of nitrogens with one attached hydrogen (secondary N) is 5. The summed E-state index contributed by atoms with van der Waals surface area (Å²) in [6, 6.07) is 5.48. The number of amides is 5. The van der Waals surface area contributed by atoms with Crippen molar-refractivity contribution in [1.82, 2.24) is 29.2 Å². The summed E-state index contributed by atoms with van der Waals surface area (Å²) in [5, 5.41) is 13.8. The fourth-order valence-corrected chi connectivity index (χ4v) is 4.62. The topological polar surface area (TPSA) is 190 Å². The number of carbonyl (C=O) groups excluding carboxylic acids is 5. The summed E-state index contributed by atoms with van der Waals surface area (Å²) in [5.74, 6) is -1.25. The Hall–Kier alpha value is -4.54. The van der Waals surface area contributed by atoms with Gasteiger partial charge in [0.2, 0.25) is 11.8 Å². The van der Waals surface area contributed by atoms with Gasteiger partial charge >= 0.3 is 0 Å². The summed E-state index contributed by atoms with van der Waals surface area (Å²) in [6.45, 7) is 3.07. The third-order valence-electron chi connectivity index (χ3n) is 6.79. The number of hydrogen-bond acceptors (Lipinski definition) is 8. The first-order chi connectivity index (χ1) is 21.3. The highest BCUT2D eigenvalue weighted by atomic mass is 32.1. The van der Waals surface area contributed by atoms with Crippen molar-refractivity contribution in [3.8, 4) is 0 Å². The van der Waals surface area contributed by atoms with Gasteiger partial charge in [0.25, 0.3) is 17.7 Å². The molecule has 45 heavy (non-hydrogen) atoms.